The molecule has 156 valence electrons. The molecule has 0 saturated carbocycles. The Labute approximate surface area is 169 Å². The molecule has 0 aliphatic carbocycles. The number of hydrogen-bond donors (Lipinski definition) is 2. The largest absolute Gasteiger partial charge is 0.444 e. The van der Waals surface area contributed by atoms with E-state index in [2.05, 4.69) is 10.6 Å². The summed E-state index contributed by atoms with van der Waals surface area (Å²) in [7, 11) is 0. The van der Waals surface area contributed by atoms with E-state index in [1.165, 1.54) is 12.1 Å². The first-order chi connectivity index (χ1) is 13.5. The van der Waals surface area contributed by atoms with E-state index in [-0.39, 0.29) is 23.2 Å². The molecule has 2 amide bonds. The first-order valence-corrected chi connectivity index (χ1v) is 9.23. The molecule has 10 nitrogen and oxygen atoms in total. The fraction of sp³-hybridized carbons (Fsp3) is 0.526. The number of nitro groups is 1. The summed E-state index contributed by atoms with van der Waals surface area (Å²) in [6, 6.07) is 5.19. The van der Waals surface area contributed by atoms with Crippen molar-refractivity contribution in [2.24, 2.45) is 0 Å². The van der Waals surface area contributed by atoms with Gasteiger partial charge in [0.05, 0.1) is 16.2 Å². The third kappa shape index (κ3) is 6.07. The Balaban J connectivity index is 1.94. The molecule has 10 heteroatoms. The summed E-state index contributed by atoms with van der Waals surface area (Å²) in [5.74, 6) is -0.341. The van der Waals surface area contributed by atoms with Crippen LogP contribution in [0.5, 0.6) is 0 Å². The lowest BCUT2D eigenvalue weighted by Crippen LogP contribution is -2.49. The lowest BCUT2D eigenvalue weighted by atomic mass is 10.1. The van der Waals surface area contributed by atoms with Crippen molar-refractivity contribution >= 4 is 23.4 Å². The van der Waals surface area contributed by atoms with E-state index in [9.17, 15) is 25.0 Å². The molecule has 1 heterocycles. The van der Waals surface area contributed by atoms with Gasteiger partial charge < -0.3 is 20.3 Å². The van der Waals surface area contributed by atoms with Crippen LogP contribution in [0.4, 0.5) is 16.2 Å². The summed E-state index contributed by atoms with van der Waals surface area (Å²) in [5.41, 5.74) is 0.00687. The van der Waals surface area contributed by atoms with E-state index in [4.69, 9.17) is 4.74 Å². The van der Waals surface area contributed by atoms with Crippen LogP contribution in [0.2, 0.25) is 0 Å². The summed E-state index contributed by atoms with van der Waals surface area (Å²) in [6.07, 6.45) is -0.0232. The van der Waals surface area contributed by atoms with Crippen molar-refractivity contribution in [2.45, 2.75) is 51.8 Å². The number of carbonyl (C=O) groups excluding carboxylic acids is 2. The van der Waals surface area contributed by atoms with Crippen molar-refractivity contribution in [3.8, 4) is 6.07 Å². The minimum atomic E-state index is -0.770. The van der Waals surface area contributed by atoms with Crippen molar-refractivity contribution < 1.29 is 19.2 Å². The first-order valence-electron chi connectivity index (χ1n) is 9.23. The molecule has 1 saturated heterocycles. The van der Waals surface area contributed by atoms with Gasteiger partial charge in [0.25, 0.3) is 5.69 Å². The number of rotatable bonds is 5. The molecule has 0 spiro atoms. The molecular formula is C19H25N5O5. The zero-order valence-corrected chi connectivity index (χ0v) is 16.9. The number of ether oxygens (including phenoxy) is 1. The lowest BCUT2D eigenvalue weighted by Gasteiger charge is -2.23. The van der Waals surface area contributed by atoms with Gasteiger partial charge in [0.2, 0.25) is 5.91 Å². The number of anilines is 1. The van der Waals surface area contributed by atoms with Crippen LogP contribution in [0.15, 0.2) is 18.2 Å². The van der Waals surface area contributed by atoms with E-state index in [1.807, 2.05) is 11.0 Å². The summed E-state index contributed by atoms with van der Waals surface area (Å²) in [6.45, 7) is 7.81. The maximum atomic E-state index is 12.4. The van der Waals surface area contributed by atoms with Crippen molar-refractivity contribution in [1.82, 2.24) is 10.6 Å². The maximum absolute atomic E-state index is 12.4. The standard InChI is InChI=1S/C19H25N5O5/c1-12(21-18(26)29-19(2,3)4)17(25)22-14-7-8-23(11-14)16-6-5-15(24(27)28)9-13(16)10-20/h5-6,9,12,14H,7-8,11H2,1-4H3,(H,21,26)(H,22,25)/t12-,14-/m0/s1. The topological polar surface area (TPSA) is 138 Å². The number of hydrogen-bond acceptors (Lipinski definition) is 7. The number of nitrogens with zero attached hydrogens (tertiary/aromatic N) is 3. The number of nitrogens with one attached hydrogen (secondary N) is 2. The number of amides is 2. The Kier molecular flexibility index (Phi) is 6.64. The van der Waals surface area contributed by atoms with Gasteiger partial charge in [-0.3, -0.25) is 14.9 Å². The molecule has 0 unspecified atom stereocenters. The highest BCUT2D eigenvalue weighted by Crippen LogP contribution is 2.27. The van der Waals surface area contributed by atoms with Crippen LogP contribution in [-0.4, -0.2) is 47.7 Å². The van der Waals surface area contributed by atoms with Gasteiger partial charge >= 0.3 is 6.09 Å². The van der Waals surface area contributed by atoms with Gasteiger partial charge in [-0.2, -0.15) is 5.26 Å². The molecule has 1 aliphatic rings. The maximum Gasteiger partial charge on any atom is 0.408 e. The van der Waals surface area contributed by atoms with Crippen molar-refractivity contribution in [2.75, 3.05) is 18.0 Å². The van der Waals surface area contributed by atoms with E-state index < -0.39 is 22.7 Å². The first kappa shape index (κ1) is 21.9. The zero-order chi connectivity index (χ0) is 21.8. The monoisotopic (exact) mass is 403 g/mol. The summed E-state index contributed by atoms with van der Waals surface area (Å²) in [4.78, 5) is 36.4. The number of nitro benzene ring substituents is 1. The minimum absolute atomic E-state index is 0.142. The van der Waals surface area contributed by atoms with Gasteiger partial charge in [0, 0.05) is 31.3 Å². The molecule has 1 aromatic rings. The summed E-state index contributed by atoms with van der Waals surface area (Å²) in [5, 5.41) is 25.6. The van der Waals surface area contributed by atoms with Crippen LogP contribution >= 0.6 is 0 Å². The number of alkyl carbamates (subject to hydrolysis) is 1. The van der Waals surface area contributed by atoms with Gasteiger partial charge in [-0.25, -0.2) is 4.79 Å². The van der Waals surface area contributed by atoms with E-state index in [0.717, 1.165) is 0 Å². The van der Waals surface area contributed by atoms with Crippen LogP contribution in [0.1, 0.15) is 39.7 Å². The Morgan fingerprint density at radius 3 is 2.69 bits per heavy atom. The lowest BCUT2D eigenvalue weighted by molar-refractivity contribution is -0.384. The molecule has 2 atom stereocenters. The third-order valence-electron chi connectivity index (χ3n) is 4.31. The van der Waals surface area contributed by atoms with Gasteiger partial charge in [-0.05, 0) is 40.2 Å². The van der Waals surface area contributed by atoms with Gasteiger partial charge in [-0.1, -0.05) is 0 Å². The fourth-order valence-electron chi connectivity index (χ4n) is 2.98. The average molecular weight is 403 g/mol. The Hall–Kier alpha value is -3.35. The molecule has 1 fully saturated rings. The predicted molar refractivity (Wildman–Crippen MR) is 105 cm³/mol. The Bertz CT molecular complexity index is 842. The van der Waals surface area contributed by atoms with Crippen LogP contribution in [0.3, 0.4) is 0 Å². The van der Waals surface area contributed by atoms with Gasteiger partial charge in [0.1, 0.15) is 17.7 Å². The van der Waals surface area contributed by atoms with Crippen LogP contribution in [-0.2, 0) is 9.53 Å². The second-order valence-corrected chi connectivity index (χ2v) is 7.88. The van der Waals surface area contributed by atoms with Gasteiger partial charge in [-0.15, -0.1) is 0 Å². The second kappa shape index (κ2) is 8.77. The van der Waals surface area contributed by atoms with Crippen molar-refractivity contribution in [3.63, 3.8) is 0 Å². The van der Waals surface area contributed by atoms with Crippen molar-refractivity contribution in [1.29, 1.82) is 5.26 Å². The van der Waals surface area contributed by atoms with Crippen LogP contribution in [0, 0.1) is 21.4 Å². The highest BCUT2D eigenvalue weighted by Gasteiger charge is 2.28. The Morgan fingerprint density at radius 2 is 2.10 bits per heavy atom. The number of nitriles is 1. The second-order valence-electron chi connectivity index (χ2n) is 7.88. The van der Waals surface area contributed by atoms with Gasteiger partial charge in [0.15, 0.2) is 0 Å². The molecular weight excluding hydrogens is 378 g/mol. The molecule has 1 aliphatic heterocycles. The predicted octanol–water partition coefficient (Wildman–Crippen LogP) is 2.07. The SMILES string of the molecule is C[C@H](NC(=O)OC(C)(C)C)C(=O)N[C@H]1CCN(c2ccc([N+](=O)[O-])cc2C#N)C1. The van der Waals surface area contributed by atoms with Crippen LogP contribution < -0.4 is 15.5 Å². The molecule has 0 radical (unpaired) electrons. The fourth-order valence-corrected chi connectivity index (χ4v) is 2.98. The smallest absolute Gasteiger partial charge is 0.408 e. The quantitative estimate of drug-likeness (QED) is 0.567. The van der Waals surface area contributed by atoms with E-state index in [0.29, 0.717) is 25.2 Å². The van der Waals surface area contributed by atoms with Crippen LogP contribution in [0.25, 0.3) is 0 Å². The summed E-state index contributed by atoms with van der Waals surface area (Å²) >= 11 is 0. The summed E-state index contributed by atoms with van der Waals surface area (Å²) < 4.78 is 5.14. The molecule has 0 bridgehead atoms. The van der Waals surface area contributed by atoms with Crippen molar-refractivity contribution in [3.05, 3.63) is 33.9 Å². The highest BCUT2D eigenvalue weighted by molar-refractivity contribution is 5.85. The Morgan fingerprint density at radius 1 is 1.41 bits per heavy atom. The molecule has 2 N–H and O–H groups in total. The average Bonchev–Trinajstić information content (AvgIpc) is 3.07. The zero-order valence-electron chi connectivity index (χ0n) is 16.9. The molecule has 2 rings (SSSR count). The number of carbonyl (C=O) groups is 2. The number of non-ortho nitro benzene ring substituents is 1. The van der Waals surface area contributed by atoms with E-state index in [1.54, 1.807) is 33.8 Å². The third-order valence-corrected chi connectivity index (χ3v) is 4.31. The van der Waals surface area contributed by atoms with E-state index >= 15 is 0 Å². The molecule has 0 aromatic heterocycles. The highest BCUT2D eigenvalue weighted by atomic mass is 16.6. The minimum Gasteiger partial charge on any atom is -0.444 e. The molecule has 29 heavy (non-hydrogen) atoms. The normalized spacial score (nSPS) is 17.2. The number of benzene rings is 1. The molecule has 1 aromatic carbocycles.